The third kappa shape index (κ3) is 5.74. The molecule has 0 saturated carbocycles. The number of thioether (sulfide) groups is 1. The summed E-state index contributed by atoms with van der Waals surface area (Å²) in [7, 11) is 3.01. The van der Waals surface area contributed by atoms with Gasteiger partial charge in [-0.1, -0.05) is 6.07 Å². The van der Waals surface area contributed by atoms with Crippen LogP contribution in [-0.4, -0.2) is 35.8 Å². The van der Waals surface area contributed by atoms with E-state index in [1.54, 1.807) is 19.2 Å². The number of nitro benzene ring substituents is 1. The molecular weight excluding hydrogens is 438 g/mol. The summed E-state index contributed by atoms with van der Waals surface area (Å²) in [5.74, 6) is 1.47. The molecule has 3 rings (SSSR count). The van der Waals surface area contributed by atoms with E-state index in [-0.39, 0.29) is 23.1 Å². The maximum absolute atomic E-state index is 12.3. The van der Waals surface area contributed by atoms with Crippen LogP contribution >= 0.6 is 23.1 Å². The molecule has 8 nitrogen and oxygen atoms in total. The van der Waals surface area contributed by atoms with Crippen molar-refractivity contribution >= 4 is 39.8 Å². The Morgan fingerprint density at radius 2 is 1.94 bits per heavy atom. The molecule has 1 amide bonds. The lowest BCUT2D eigenvalue weighted by Gasteiger charge is -2.05. The summed E-state index contributed by atoms with van der Waals surface area (Å²) in [6.07, 6.45) is 0. The van der Waals surface area contributed by atoms with Gasteiger partial charge in [0.15, 0.2) is 10.9 Å². The van der Waals surface area contributed by atoms with Crippen molar-refractivity contribution < 1.29 is 19.2 Å². The minimum atomic E-state index is -0.481. The van der Waals surface area contributed by atoms with Crippen molar-refractivity contribution in [3.05, 3.63) is 63.0 Å². The number of anilines is 1. The minimum Gasteiger partial charge on any atom is -0.497 e. The highest BCUT2D eigenvalue weighted by Crippen LogP contribution is 2.32. The van der Waals surface area contributed by atoms with E-state index in [1.165, 1.54) is 36.3 Å². The number of hydrogen-bond donors (Lipinski definition) is 1. The fourth-order valence-corrected chi connectivity index (χ4v) is 4.48. The summed E-state index contributed by atoms with van der Waals surface area (Å²) in [6.45, 7) is 1.96. The SMILES string of the molecule is COc1ccc(-c2nc(NC(=O)CSCc3ccc(OC)c([N+](=O)[O-])c3)sc2C)cc1. The van der Waals surface area contributed by atoms with Crippen LogP contribution in [0.1, 0.15) is 10.4 Å². The summed E-state index contributed by atoms with van der Waals surface area (Å²) in [4.78, 5) is 28.5. The van der Waals surface area contributed by atoms with Gasteiger partial charge >= 0.3 is 5.69 Å². The van der Waals surface area contributed by atoms with Gasteiger partial charge in [-0.3, -0.25) is 14.9 Å². The zero-order chi connectivity index (χ0) is 22.4. The fourth-order valence-electron chi connectivity index (χ4n) is 2.85. The highest BCUT2D eigenvalue weighted by Gasteiger charge is 2.16. The summed E-state index contributed by atoms with van der Waals surface area (Å²) >= 11 is 2.78. The van der Waals surface area contributed by atoms with E-state index in [4.69, 9.17) is 9.47 Å². The van der Waals surface area contributed by atoms with Gasteiger partial charge < -0.3 is 14.8 Å². The van der Waals surface area contributed by atoms with Crippen LogP contribution in [0.4, 0.5) is 10.8 Å². The number of methoxy groups -OCH3 is 2. The molecule has 0 saturated heterocycles. The van der Waals surface area contributed by atoms with Crippen molar-refractivity contribution in [1.82, 2.24) is 4.98 Å². The Morgan fingerprint density at radius 1 is 1.19 bits per heavy atom. The molecule has 162 valence electrons. The second kappa shape index (κ2) is 10.3. The molecule has 2 aromatic carbocycles. The lowest BCUT2D eigenvalue weighted by atomic mass is 10.1. The molecule has 0 atom stereocenters. The fraction of sp³-hybridized carbons (Fsp3) is 0.238. The van der Waals surface area contributed by atoms with Crippen molar-refractivity contribution in [1.29, 1.82) is 0 Å². The number of carbonyl (C=O) groups is 1. The first-order valence-corrected chi connectivity index (χ1v) is 11.2. The Hall–Kier alpha value is -3.11. The van der Waals surface area contributed by atoms with Crippen molar-refractivity contribution in [3.63, 3.8) is 0 Å². The predicted molar refractivity (Wildman–Crippen MR) is 123 cm³/mol. The summed E-state index contributed by atoms with van der Waals surface area (Å²) < 4.78 is 10.2. The van der Waals surface area contributed by atoms with Gasteiger partial charge in [-0.2, -0.15) is 0 Å². The monoisotopic (exact) mass is 459 g/mol. The molecule has 0 bridgehead atoms. The second-order valence-corrected chi connectivity index (χ2v) is 8.65. The van der Waals surface area contributed by atoms with Crippen molar-refractivity contribution in [3.8, 4) is 22.8 Å². The van der Waals surface area contributed by atoms with Crippen molar-refractivity contribution in [2.24, 2.45) is 0 Å². The number of carbonyl (C=O) groups excluding carboxylic acids is 1. The number of hydrogen-bond acceptors (Lipinski definition) is 8. The third-order valence-corrected chi connectivity index (χ3v) is 6.24. The van der Waals surface area contributed by atoms with Crippen LogP contribution in [0.2, 0.25) is 0 Å². The third-order valence-electron chi connectivity index (χ3n) is 4.35. The maximum Gasteiger partial charge on any atom is 0.311 e. The van der Waals surface area contributed by atoms with Crippen LogP contribution < -0.4 is 14.8 Å². The predicted octanol–water partition coefficient (Wildman–Crippen LogP) is 4.92. The van der Waals surface area contributed by atoms with Crippen LogP contribution in [0.15, 0.2) is 42.5 Å². The zero-order valence-corrected chi connectivity index (χ0v) is 18.8. The average molecular weight is 460 g/mol. The van der Waals surface area contributed by atoms with Gasteiger partial charge in [0.1, 0.15) is 5.75 Å². The molecule has 0 aliphatic heterocycles. The van der Waals surface area contributed by atoms with Gasteiger partial charge in [0.05, 0.1) is 30.6 Å². The molecule has 0 fully saturated rings. The molecule has 3 aromatic rings. The Kier molecular flexibility index (Phi) is 7.48. The van der Waals surface area contributed by atoms with E-state index in [0.717, 1.165) is 27.4 Å². The zero-order valence-electron chi connectivity index (χ0n) is 17.2. The van der Waals surface area contributed by atoms with E-state index in [9.17, 15) is 14.9 Å². The highest BCUT2D eigenvalue weighted by atomic mass is 32.2. The van der Waals surface area contributed by atoms with E-state index in [0.29, 0.717) is 10.9 Å². The Bertz CT molecular complexity index is 1080. The molecule has 10 heteroatoms. The molecule has 0 aliphatic rings. The molecule has 0 aliphatic carbocycles. The second-order valence-electron chi connectivity index (χ2n) is 6.46. The van der Waals surface area contributed by atoms with E-state index < -0.39 is 4.92 Å². The lowest BCUT2D eigenvalue weighted by molar-refractivity contribution is -0.385. The first kappa shape index (κ1) is 22.6. The van der Waals surface area contributed by atoms with E-state index >= 15 is 0 Å². The Labute approximate surface area is 187 Å². The Morgan fingerprint density at radius 3 is 2.58 bits per heavy atom. The van der Waals surface area contributed by atoms with Gasteiger partial charge in [0.25, 0.3) is 0 Å². The molecule has 1 heterocycles. The summed E-state index contributed by atoms with van der Waals surface area (Å²) in [5, 5.41) is 14.5. The number of aryl methyl sites for hydroxylation is 1. The van der Waals surface area contributed by atoms with Crippen LogP contribution in [0.5, 0.6) is 11.5 Å². The van der Waals surface area contributed by atoms with Gasteiger partial charge in [0.2, 0.25) is 5.91 Å². The number of thiazole rings is 1. The lowest BCUT2D eigenvalue weighted by Crippen LogP contribution is -2.14. The van der Waals surface area contributed by atoms with Gasteiger partial charge in [-0.25, -0.2) is 4.98 Å². The Balaban J connectivity index is 1.57. The van der Waals surface area contributed by atoms with E-state index in [1.807, 2.05) is 31.2 Å². The molecule has 0 unspecified atom stereocenters. The van der Waals surface area contributed by atoms with Crippen LogP contribution in [0.3, 0.4) is 0 Å². The topological polar surface area (TPSA) is 104 Å². The average Bonchev–Trinajstić information content (AvgIpc) is 3.13. The van der Waals surface area contributed by atoms with Gasteiger partial charge in [-0.05, 0) is 42.8 Å². The largest absolute Gasteiger partial charge is 0.497 e. The summed E-state index contributed by atoms with van der Waals surface area (Å²) in [6, 6.07) is 12.4. The van der Waals surface area contributed by atoms with Gasteiger partial charge in [0, 0.05) is 22.3 Å². The molecule has 0 radical (unpaired) electrons. The summed E-state index contributed by atoms with van der Waals surface area (Å²) in [5.41, 5.74) is 2.43. The smallest absolute Gasteiger partial charge is 0.311 e. The number of rotatable bonds is 9. The van der Waals surface area contributed by atoms with Crippen LogP contribution in [0.25, 0.3) is 11.3 Å². The quantitative estimate of drug-likeness (QED) is 0.358. The number of benzene rings is 2. The standard InChI is InChI=1S/C21H21N3O5S2/c1-13-20(15-5-7-16(28-2)8-6-15)23-21(31-13)22-19(25)12-30-11-14-4-9-18(29-3)17(10-14)24(26)27/h4-10H,11-12H2,1-3H3,(H,22,23,25). The van der Waals surface area contributed by atoms with Crippen molar-refractivity contribution in [2.75, 3.05) is 25.3 Å². The molecule has 1 N–H and O–H groups in total. The van der Waals surface area contributed by atoms with Gasteiger partial charge in [-0.15, -0.1) is 23.1 Å². The first-order chi connectivity index (χ1) is 14.9. The van der Waals surface area contributed by atoms with E-state index in [2.05, 4.69) is 10.3 Å². The molecular formula is C21H21N3O5S2. The van der Waals surface area contributed by atoms with Crippen molar-refractivity contribution in [2.45, 2.75) is 12.7 Å². The van der Waals surface area contributed by atoms with Crippen LogP contribution in [0, 0.1) is 17.0 Å². The molecule has 31 heavy (non-hydrogen) atoms. The number of aromatic nitrogens is 1. The first-order valence-electron chi connectivity index (χ1n) is 9.22. The number of ether oxygens (including phenoxy) is 2. The minimum absolute atomic E-state index is 0.0885. The number of nitro groups is 1. The maximum atomic E-state index is 12.3. The van der Waals surface area contributed by atoms with Crippen LogP contribution in [-0.2, 0) is 10.5 Å². The number of nitrogens with zero attached hydrogens (tertiary/aromatic N) is 2. The highest BCUT2D eigenvalue weighted by molar-refractivity contribution is 7.99. The molecule has 1 aromatic heterocycles. The number of nitrogens with one attached hydrogen (secondary N) is 1. The number of amides is 1. The normalized spacial score (nSPS) is 10.5. The molecule has 0 spiro atoms.